The van der Waals surface area contributed by atoms with Crippen molar-refractivity contribution in [2.24, 2.45) is 0 Å². The molecule has 1 fully saturated rings. The van der Waals surface area contributed by atoms with Gasteiger partial charge >= 0.3 is 0 Å². The molecule has 0 atom stereocenters. The molecule has 2 rings (SSSR count). The third-order valence-corrected chi connectivity index (χ3v) is 6.41. The highest BCUT2D eigenvalue weighted by Crippen LogP contribution is 2.26. The van der Waals surface area contributed by atoms with Crippen LogP contribution in [0.5, 0.6) is 0 Å². The summed E-state index contributed by atoms with van der Waals surface area (Å²) in [5.41, 5.74) is 0.101. The van der Waals surface area contributed by atoms with E-state index in [9.17, 15) is 8.42 Å². The number of thiazole rings is 1. The van der Waals surface area contributed by atoms with Crippen LogP contribution in [-0.4, -0.2) is 43.1 Å². The Labute approximate surface area is 131 Å². The van der Waals surface area contributed by atoms with Crippen molar-refractivity contribution in [1.29, 1.82) is 0 Å². The normalized spacial score (nSPS) is 19.0. The molecule has 0 radical (unpaired) electrons. The molecule has 1 aliphatic heterocycles. The Hall–Kier alpha value is -0.500. The highest BCUT2D eigenvalue weighted by molar-refractivity contribution is 7.88. The van der Waals surface area contributed by atoms with Crippen LogP contribution in [0.1, 0.15) is 43.5 Å². The Balaban J connectivity index is 1.81. The van der Waals surface area contributed by atoms with Gasteiger partial charge in [-0.3, -0.25) is 0 Å². The highest BCUT2D eigenvalue weighted by Gasteiger charge is 2.24. The molecule has 1 aliphatic rings. The lowest BCUT2D eigenvalue weighted by molar-refractivity contribution is 0.290. The van der Waals surface area contributed by atoms with Crippen molar-refractivity contribution in [3.8, 4) is 0 Å². The zero-order valence-electron chi connectivity index (χ0n) is 13.2. The fourth-order valence-electron chi connectivity index (χ4n) is 2.37. The van der Waals surface area contributed by atoms with Gasteiger partial charge in [-0.2, -0.15) is 0 Å². The molecular weight excluding hydrogens is 306 g/mol. The number of hydrogen-bond acceptors (Lipinski definition) is 5. The smallest absolute Gasteiger partial charge is 0.211 e. The van der Waals surface area contributed by atoms with Crippen LogP contribution in [-0.2, 0) is 22.0 Å². The van der Waals surface area contributed by atoms with Gasteiger partial charge in [-0.25, -0.2) is 17.7 Å². The second kappa shape index (κ2) is 6.32. The molecule has 0 saturated carbocycles. The summed E-state index contributed by atoms with van der Waals surface area (Å²) >= 11 is 1.75. The molecule has 5 nitrogen and oxygen atoms in total. The van der Waals surface area contributed by atoms with E-state index in [2.05, 4.69) is 31.1 Å². The van der Waals surface area contributed by atoms with E-state index in [-0.39, 0.29) is 5.41 Å². The zero-order valence-corrected chi connectivity index (χ0v) is 14.9. The van der Waals surface area contributed by atoms with E-state index in [1.807, 2.05) is 6.20 Å². The third kappa shape index (κ3) is 4.74. The van der Waals surface area contributed by atoms with Crippen LogP contribution in [0, 0.1) is 0 Å². The Morgan fingerprint density at radius 1 is 1.38 bits per heavy atom. The second-order valence-corrected chi connectivity index (χ2v) is 9.80. The maximum atomic E-state index is 11.5. The standard InChI is InChI=1S/C14H25N3O2S2/c1-14(2,3)13-16-10-12(20-13)9-15-11-5-7-17(8-6-11)21(4,18)19/h10-11,15H,5-9H2,1-4H3. The van der Waals surface area contributed by atoms with Gasteiger partial charge in [0.1, 0.15) is 0 Å². The number of piperidine rings is 1. The minimum Gasteiger partial charge on any atom is -0.309 e. The summed E-state index contributed by atoms with van der Waals surface area (Å²) in [4.78, 5) is 5.73. The molecule has 0 aromatic carbocycles. The molecule has 1 aromatic heterocycles. The quantitative estimate of drug-likeness (QED) is 0.916. The average Bonchev–Trinajstić information content (AvgIpc) is 2.84. The van der Waals surface area contributed by atoms with Crippen LogP contribution >= 0.6 is 11.3 Å². The SMILES string of the molecule is CC(C)(C)c1ncc(CNC2CCN(S(C)(=O)=O)CC2)s1. The first kappa shape index (κ1) is 16.9. The largest absolute Gasteiger partial charge is 0.309 e. The summed E-state index contributed by atoms with van der Waals surface area (Å²) in [5, 5.41) is 4.68. The molecule has 21 heavy (non-hydrogen) atoms. The molecule has 0 spiro atoms. The van der Waals surface area contributed by atoms with E-state index >= 15 is 0 Å². The minimum atomic E-state index is -3.03. The minimum absolute atomic E-state index is 0.101. The van der Waals surface area contributed by atoms with Crippen molar-refractivity contribution in [2.75, 3.05) is 19.3 Å². The molecule has 0 bridgehead atoms. The Morgan fingerprint density at radius 3 is 2.48 bits per heavy atom. The molecule has 120 valence electrons. The van der Waals surface area contributed by atoms with E-state index in [0.29, 0.717) is 19.1 Å². The molecule has 1 saturated heterocycles. The first-order valence-electron chi connectivity index (χ1n) is 7.30. The van der Waals surface area contributed by atoms with Gasteiger partial charge in [-0.1, -0.05) is 20.8 Å². The number of hydrogen-bond donors (Lipinski definition) is 1. The van der Waals surface area contributed by atoms with Gasteiger partial charge in [-0.15, -0.1) is 11.3 Å². The van der Waals surface area contributed by atoms with Crippen LogP contribution in [0.3, 0.4) is 0 Å². The van der Waals surface area contributed by atoms with Gasteiger partial charge < -0.3 is 5.32 Å². The Bertz CT molecular complexity index is 567. The predicted octanol–water partition coefficient (Wildman–Crippen LogP) is 1.95. The lowest BCUT2D eigenvalue weighted by atomic mass is 9.98. The van der Waals surface area contributed by atoms with Crippen molar-refractivity contribution in [3.63, 3.8) is 0 Å². The van der Waals surface area contributed by atoms with Gasteiger partial charge in [0, 0.05) is 42.2 Å². The van der Waals surface area contributed by atoms with Crippen molar-refractivity contribution < 1.29 is 8.42 Å². The van der Waals surface area contributed by atoms with E-state index < -0.39 is 10.0 Å². The van der Waals surface area contributed by atoms with Gasteiger partial charge in [-0.05, 0) is 12.8 Å². The molecule has 2 heterocycles. The topological polar surface area (TPSA) is 62.3 Å². The number of aromatic nitrogens is 1. The van der Waals surface area contributed by atoms with Crippen LogP contribution in [0.4, 0.5) is 0 Å². The number of nitrogens with zero attached hydrogens (tertiary/aromatic N) is 2. The summed E-state index contributed by atoms with van der Waals surface area (Å²) in [6.07, 6.45) is 4.98. The van der Waals surface area contributed by atoms with Crippen LogP contribution in [0.25, 0.3) is 0 Å². The number of nitrogens with one attached hydrogen (secondary N) is 1. The van der Waals surface area contributed by atoms with Crippen molar-refractivity contribution >= 4 is 21.4 Å². The van der Waals surface area contributed by atoms with Gasteiger partial charge in [0.25, 0.3) is 0 Å². The molecular formula is C14H25N3O2S2. The molecule has 0 amide bonds. The van der Waals surface area contributed by atoms with Crippen molar-refractivity contribution in [2.45, 2.75) is 51.6 Å². The lowest BCUT2D eigenvalue weighted by Gasteiger charge is -2.30. The van der Waals surface area contributed by atoms with Crippen molar-refractivity contribution in [1.82, 2.24) is 14.6 Å². The molecule has 1 N–H and O–H groups in total. The van der Waals surface area contributed by atoms with Gasteiger partial charge in [0.2, 0.25) is 10.0 Å². The second-order valence-electron chi connectivity index (χ2n) is 6.70. The first-order chi connectivity index (χ1) is 9.66. The summed E-state index contributed by atoms with van der Waals surface area (Å²) in [7, 11) is -3.03. The fraction of sp³-hybridized carbons (Fsp3) is 0.786. The van der Waals surface area contributed by atoms with E-state index in [4.69, 9.17) is 0 Å². The number of sulfonamides is 1. The van der Waals surface area contributed by atoms with Crippen LogP contribution in [0.15, 0.2) is 6.20 Å². The average molecular weight is 332 g/mol. The molecule has 0 aliphatic carbocycles. The van der Waals surface area contributed by atoms with Crippen LogP contribution < -0.4 is 5.32 Å². The summed E-state index contributed by atoms with van der Waals surface area (Å²) in [6.45, 7) is 8.56. The zero-order chi connectivity index (χ0) is 15.7. The van der Waals surface area contributed by atoms with Gasteiger partial charge in [0.15, 0.2) is 0 Å². The van der Waals surface area contributed by atoms with E-state index in [1.54, 1.807) is 15.6 Å². The molecule has 1 aromatic rings. The maximum absolute atomic E-state index is 11.5. The summed E-state index contributed by atoms with van der Waals surface area (Å²) in [5.74, 6) is 0. The first-order valence-corrected chi connectivity index (χ1v) is 9.96. The third-order valence-electron chi connectivity index (χ3n) is 3.68. The highest BCUT2D eigenvalue weighted by atomic mass is 32.2. The predicted molar refractivity (Wildman–Crippen MR) is 87.1 cm³/mol. The van der Waals surface area contributed by atoms with Gasteiger partial charge in [0.05, 0.1) is 11.3 Å². The summed E-state index contributed by atoms with van der Waals surface area (Å²) in [6, 6.07) is 0.392. The Kier molecular flexibility index (Phi) is 5.07. The Morgan fingerprint density at radius 2 is 2.00 bits per heavy atom. The van der Waals surface area contributed by atoms with Crippen molar-refractivity contribution in [3.05, 3.63) is 16.1 Å². The lowest BCUT2D eigenvalue weighted by Crippen LogP contribution is -2.44. The number of rotatable bonds is 4. The summed E-state index contributed by atoms with van der Waals surface area (Å²) < 4.78 is 24.5. The fourth-order valence-corrected chi connectivity index (χ4v) is 4.17. The maximum Gasteiger partial charge on any atom is 0.211 e. The molecule has 7 heteroatoms. The van der Waals surface area contributed by atoms with E-state index in [1.165, 1.54) is 11.1 Å². The van der Waals surface area contributed by atoms with E-state index in [0.717, 1.165) is 24.4 Å². The van der Waals surface area contributed by atoms with Crippen LogP contribution in [0.2, 0.25) is 0 Å². The molecule has 0 unspecified atom stereocenters. The monoisotopic (exact) mass is 331 g/mol.